The van der Waals surface area contributed by atoms with Crippen LogP contribution in [-0.2, 0) is 0 Å². The molecule has 2 aromatic rings. The molecule has 3 heterocycles. The molecule has 1 aliphatic carbocycles. The summed E-state index contributed by atoms with van der Waals surface area (Å²) in [6, 6.07) is 4.30. The van der Waals surface area contributed by atoms with Crippen molar-refractivity contribution in [2.75, 3.05) is 6.54 Å². The van der Waals surface area contributed by atoms with Crippen molar-refractivity contribution in [3.8, 4) is 0 Å². The molecule has 1 saturated heterocycles. The van der Waals surface area contributed by atoms with Gasteiger partial charge in [0.25, 0.3) is 5.91 Å². The monoisotopic (exact) mass is 287 g/mol. The van der Waals surface area contributed by atoms with E-state index in [-0.39, 0.29) is 11.9 Å². The largest absolute Gasteiger partial charge is 0.330 e. The summed E-state index contributed by atoms with van der Waals surface area (Å²) in [5, 5.41) is 11.5. The van der Waals surface area contributed by atoms with Crippen LogP contribution in [0.2, 0.25) is 0 Å². The van der Waals surface area contributed by atoms with Crippen molar-refractivity contribution in [3.05, 3.63) is 39.8 Å². The number of carbonyl (C=O) groups is 1. The van der Waals surface area contributed by atoms with Crippen molar-refractivity contribution >= 4 is 17.2 Å². The lowest BCUT2D eigenvalue weighted by molar-refractivity contribution is 0.0730. The molecule has 1 saturated carbocycles. The van der Waals surface area contributed by atoms with Crippen molar-refractivity contribution in [2.24, 2.45) is 0 Å². The van der Waals surface area contributed by atoms with Crippen molar-refractivity contribution in [3.63, 3.8) is 0 Å². The fourth-order valence-electron chi connectivity index (χ4n) is 3.02. The Labute approximate surface area is 121 Å². The molecule has 5 heteroatoms. The number of rotatable bonds is 3. The second-order valence-corrected chi connectivity index (χ2v) is 6.48. The molecule has 0 unspecified atom stereocenters. The first-order valence-corrected chi connectivity index (χ1v) is 8.15. The van der Waals surface area contributed by atoms with Gasteiger partial charge in [0.05, 0.1) is 6.04 Å². The van der Waals surface area contributed by atoms with Gasteiger partial charge in [-0.05, 0) is 54.1 Å². The maximum absolute atomic E-state index is 12.7. The van der Waals surface area contributed by atoms with E-state index in [1.807, 2.05) is 11.0 Å². The van der Waals surface area contributed by atoms with Crippen molar-refractivity contribution in [1.82, 2.24) is 15.1 Å². The molecule has 0 bridgehead atoms. The highest BCUT2D eigenvalue weighted by molar-refractivity contribution is 7.07. The van der Waals surface area contributed by atoms with E-state index in [1.165, 1.54) is 18.4 Å². The molecule has 1 N–H and O–H groups in total. The minimum Gasteiger partial charge on any atom is -0.330 e. The summed E-state index contributed by atoms with van der Waals surface area (Å²) in [6.45, 7) is 0.838. The Bertz CT molecular complexity index is 615. The lowest BCUT2D eigenvalue weighted by Crippen LogP contribution is -2.30. The van der Waals surface area contributed by atoms with Crippen LogP contribution in [0.1, 0.15) is 59.4 Å². The zero-order valence-electron chi connectivity index (χ0n) is 11.2. The molecule has 2 aliphatic rings. The quantitative estimate of drug-likeness (QED) is 0.941. The number of carbonyl (C=O) groups excluding carboxylic acids is 1. The first-order valence-electron chi connectivity index (χ1n) is 7.21. The van der Waals surface area contributed by atoms with Gasteiger partial charge in [-0.25, -0.2) is 0 Å². The van der Waals surface area contributed by atoms with Gasteiger partial charge in [-0.3, -0.25) is 9.89 Å². The predicted molar refractivity (Wildman–Crippen MR) is 77.9 cm³/mol. The summed E-state index contributed by atoms with van der Waals surface area (Å²) in [6.07, 6.45) is 4.57. The maximum Gasteiger partial charge on any atom is 0.274 e. The fourth-order valence-corrected chi connectivity index (χ4v) is 3.72. The van der Waals surface area contributed by atoms with Crippen LogP contribution in [0.5, 0.6) is 0 Å². The summed E-state index contributed by atoms with van der Waals surface area (Å²) in [4.78, 5) is 14.6. The van der Waals surface area contributed by atoms with Gasteiger partial charge in [-0.15, -0.1) is 0 Å². The molecular weight excluding hydrogens is 270 g/mol. The molecular formula is C15H17N3OS. The number of aromatic nitrogens is 2. The van der Waals surface area contributed by atoms with E-state index in [1.54, 1.807) is 11.3 Å². The lowest BCUT2D eigenvalue weighted by Gasteiger charge is -2.23. The Balaban J connectivity index is 1.57. The van der Waals surface area contributed by atoms with E-state index >= 15 is 0 Å². The fraction of sp³-hybridized carbons (Fsp3) is 0.467. The number of likely N-dealkylation sites (tertiary alicyclic amines) is 1. The van der Waals surface area contributed by atoms with Crippen molar-refractivity contribution in [2.45, 2.75) is 37.6 Å². The number of aromatic amines is 1. The molecule has 1 atom stereocenters. The summed E-state index contributed by atoms with van der Waals surface area (Å²) >= 11 is 1.69. The molecule has 4 nitrogen and oxygen atoms in total. The third kappa shape index (κ3) is 2.06. The minimum atomic E-state index is 0.0712. The standard InChI is InChI=1S/C15H17N3OS/c19-15(13-8-12(16-17-13)10-3-4-10)18-6-1-2-14(18)11-5-7-20-9-11/h5,7-10,14H,1-4,6H2,(H,16,17)/t14-/m1/s1. The summed E-state index contributed by atoms with van der Waals surface area (Å²) in [5.74, 6) is 0.678. The Kier molecular flexibility index (Phi) is 2.88. The van der Waals surface area contributed by atoms with Gasteiger partial charge in [-0.2, -0.15) is 16.4 Å². The van der Waals surface area contributed by atoms with Crippen LogP contribution in [0.15, 0.2) is 22.9 Å². The average Bonchev–Trinajstić information content (AvgIpc) is 2.96. The van der Waals surface area contributed by atoms with Crippen LogP contribution < -0.4 is 0 Å². The molecule has 4 rings (SSSR count). The topological polar surface area (TPSA) is 49.0 Å². The normalized spacial score (nSPS) is 22.4. The Hall–Kier alpha value is -1.62. The molecule has 1 aliphatic heterocycles. The van der Waals surface area contributed by atoms with Gasteiger partial charge < -0.3 is 4.90 Å². The van der Waals surface area contributed by atoms with Gasteiger partial charge >= 0.3 is 0 Å². The highest BCUT2D eigenvalue weighted by atomic mass is 32.1. The summed E-state index contributed by atoms with van der Waals surface area (Å²) in [5.41, 5.74) is 2.97. The smallest absolute Gasteiger partial charge is 0.274 e. The first kappa shape index (κ1) is 12.1. The number of H-pyrrole nitrogens is 1. The van der Waals surface area contributed by atoms with Crippen LogP contribution in [0, 0.1) is 0 Å². The van der Waals surface area contributed by atoms with Crippen molar-refractivity contribution < 1.29 is 4.79 Å². The highest BCUT2D eigenvalue weighted by Crippen LogP contribution is 2.39. The van der Waals surface area contributed by atoms with E-state index in [0.717, 1.165) is 25.1 Å². The number of hydrogen-bond acceptors (Lipinski definition) is 3. The number of nitrogens with zero attached hydrogens (tertiary/aromatic N) is 2. The van der Waals surface area contributed by atoms with Crippen LogP contribution in [0.3, 0.4) is 0 Å². The predicted octanol–water partition coefficient (Wildman–Crippen LogP) is 3.33. The molecule has 0 aromatic carbocycles. The molecule has 104 valence electrons. The third-order valence-corrected chi connectivity index (χ3v) is 4.98. The Morgan fingerprint density at radius 2 is 2.30 bits per heavy atom. The SMILES string of the molecule is O=C(c1cc(C2CC2)[nH]n1)N1CCC[C@@H]1c1ccsc1. The molecule has 1 amide bonds. The zero-order valence-corrected chi connectivity index (χ0v) is 12.0. The molecule has 2 aromatic heterocycles. The summed E-state index contributed by atoms with van der Waals surface area (Å²) in [7, 11) is 0. The second kappa shape index (κ2) is 4.74. The summed E-state index contributed by atoms with van der Waals surface area (Å²) < 4.78 is 0. The van der Waals surface area contributed by atoms with Crippen LogP contribution in [0.4, 0.5) is 0 Å². The van der Waals surface area contributed by atoms with Gasteiger partial charge in [0.1, 0.15) is 5.69 Å². The first-order chi connectivity index (χ1) is 9.83. The second-order valence-electron chi connectivity index (χ2n) is 5.70. The van der Waals surface area contributed by atoms with E-state index in [9.17, 15) is 4.79 Å². The number of thiophene rings is 1. The van der Waals surface area contributed by atoms with Gasteiger partial charge in [-0.1, -0.05) is 0 Å². The maximum atomic E-state index is 12.7. The van der Waals surface area contributed by atoms with E-state index in [2.05, 4.69) is 27.0 Å². The number of hydrogen-bond donors (Lipinski definition) is 1. The average molecular weight is 287 g/mol. The Morgan fingerprint density at radius 3 is 3.05 bits per heavy atom. The number of amides is 1. The number of nitrogens with one attached hydrogen (secondary N) is 1. The van der Waals surface area contributed by atoms with Gasteiger partial charge in [0.2, 0.25) is 0 Å². The van der Waals surface area contributed by atoms with Gasteiger partial charge in [0.15, 0.2) is 0 Å². The minimum absolute atomic E-state index is 0.0712. The molecule has 2 fully saturated rings. The van der Waals surface area contributed by atoms with Crippen molar-refractivity contribution in [1.29, 1.82) is 0 Å². The lowest BCUT2D eigenvalue weighted by atomic mass is 10.1. The third-order valence-electron chi connectivity index (χ3n) is 4.28. The van der Waals surface area contributed by atoms with E-state index in [0.29, 0.717) is 11.6 Å². The molecule has 20 heavy (non-hydrogen) atoms. The zero-order chi connectivity index (χ0) is 13.5. The van der Waals surface area contributed by atoms with Gasteiger partial charge in [0, 0.05) is 18.2 Å². The highest BCUT2D eigenvalue weighted by Gasteiger charge is 2.33. The Morgan fingerprint density at radius 1 is 1.40 bits per heavy atom. The van der Waals surface area contributed by atoms with Crippen LogP contribution in [0.25, 0.3) is 0 Å². The van der Waals surface area contributed by atoms with E-state index < -0.39 is 0 Å². The van der Waals surface area contributed by atoms with Crippen LogP contribution >= 0.6 is 11.3 Å². The molecule has 0 spiro atoms. The van der Waals surface area contributed by atoms with E-state index in [4.69, 9.17) is 0 Å². The van der Waals surface area contributed by atoms with Crippen LogP contribution in [-0.4, -0.2) is 27.5 Å². The molecule has 0 radical (unpaired) electrons.